The number of nitrogens with zero attached hydrogens (tertiary/aromatic N) is 1. The second-order valence-electron chi connectivity index (χ2n) is 6.34. The molecule has 0 atom stereocenters. The van der Waals surface area contributed by atoms with Crippen LogP contribution in [0.3, 0.4) is 0 Å². The van der Waals surface area contributed by atoms with Crippen LogP contribution >= 0.6 is 27.5 Å². The molecule has 22 heavy (non-hydrogen) atoms. The van der Waals surface area contributed by atoms with Gasteiger partial charge in [0.15, 0.2) is 0 Å². The molecule has 1 aliphatic carbocycles. The second-order valence-corrected chi connectivity index (χ2v) is 7.63. The van der Waals surface area contributed by atoms with Crippen molar-refractivity contribution in [3.05, 3.63) is 39.0 Å². The molecular formula is C19H23BrClN. The molecule has 2 aromatic rings. The molecule has 0 radical (unpaired) electrons. The van der Waals surface area contributed by atoms with Gasteiger partial charge in [-0.1, -0.05) is 66.1 Å². The van der Waals surface area contributed by atoms with Gasteiger partial charge in [0.2, 0.25) is 0 Å². The number of hydrogen-bond donors (Lipinski definition) is 0. The van der Waals surface area contributed by atoms with E-state index in [-0.39, 0.29) is 0 Å². The topological polar surface area (TPSA) is 12.9 Å². The number of aryl methyl sites for hydroxylation is 2. The van der Waals surface area contributed by atoms with Gasteiger partial charge in [0.1, 0.15) is 0 Å². The predicted molar refractivity (Wildman–Crippen MR) is 98.8 cm³/mol. The summed E-state index contributed by atoms with van der Waals surface area (Å²) in [6.45, 7) is 0. The molecule has 1 aromatic heterocycles. The van der Waals surface area contributed by atoms with Crippen LogP contribution in [0.5, 0.6) is 0 Å². The first kappa shape index (κ1) is 16.3. The summed E-state index contributed by atoms with van der Waals surface area (Å²) in [5.41, 5.74) is 3.50. The first-order valence-electron chi connectivity index (χ1n) is 8.52. The molecule has 0 amide bonds. The fraction of sp³-hybridized carbons (Fsp3) is 0.526. The molecule has 3 rings (SSSR count). The average molecular weight is 381 g/mol. The maximum absolute atomic E-state index is 6.74. The summed E-state index contributed by atoms with van der Waals surface area (Å²) in [6.07, 6.45) is 12.6. The molecule has 0 N–H and O–H groups in total. The van der Waals surface area contributed by atoms with Gasteiger partial charge in [0, 0.05) is 9.86 Å². The molecular weight excluding hydrogens is 358 g/mol. The molecule has 0 aliphatic heterocycles. The van der Waals surface area contributed by atoms with E-state index in [2.05, 4.69) is 34.1 Å². The monoisotopic (exact) mass is 379 g/mol. The van der Waals surface area contributed by atoms with Gasteiger partial charge in [-0.05, 0) is 49.4 Å². The fourth-order valence-electron chi connectivity index (χ4n) is 3.40. The molecule has 1 nitrogen and oxygen atoms in total. The summed E-state index contributed by atoms with van der Waals surface area (Å²) in [5, 5.41) is 2.14. The first-order chi connectivity index (χ1) is 10.8. The zero-order valence-corrected chi connectivity index (χ0v) is 15.3. The lowest BCUT2D eigenvalue weighted by Crippen LogP contribution is -1.99. The lowest BCUT2D eigenvalue weighted by molar-refractivity contribution is 0.569. The summed E-state index contributed by atoms with van der Waals surface area (Å²) in [5.74, 6) is 0. The summed E-state index contributed by atoms with van der Waals surface area (Å²) in [7, 11) is 0. The highest BCUT2D eigenvalue weighted by molar-refractivity contribution is 9.10. The summed E-state index contributed by atoms with van der Waals surface area (Å²) in [6, 6.07) is 6.36. The van der Waals surface area contributed by atoms with Gasteiger partial charge >= 0.3 is 0 Å². The van der Waals surface area contributed by atoms with Crippen molar-refractivity contribution in [1.29, 1.82) is 0 Å². The summed E-state index contributed by atoms with van der Waals surface area (Å²) >= 11 is 10.3. The Bertz CT molecular complexity index is 653. The second kappa shape index (κ2) is 7.79. The van der Waals surface area contributed by atoms with E-state index < -0.39 is 0 Å². The van der Waals surface area contributed by atoms with Gasteiger partial charge in [0.05, 0.1) is 16.2 Å². The van der Waals surface area contributed by atoms with Gasteiger partial charge in [-0.3, -0.25) is 4.98 Å². The number of benzene rings is 1. The molecule has 0 unspecified atom stereocenters. The number of halogens is 2. The molecule has 0 fully saturated rings. The maximum Gasteiger partial charge on any atom is 0.0710 e. The molecule has 118 valence electrons. The highest BCUT2D eigenvalue weighted by Crippen LogP contribution is 2.32. The van der Waals surface area contributed by atoms with Crippen molar-refractivity contribution in [2.45, 2.75) is 64.2 Å². The molecule has 1 heterocycles. The molecule has 0 spiro atoms. The largest absolute Gasteiger partial charge is 0.251 e. The van der Waals surface area contributed by atoms with Crippen molar-refractivity contribution in [1.82, 2.24) is 4.98 Å². The zero-order chi connectivity index (χ0) is 15.4. The smallest absolute Gasteiger partial charge is 0.0710 e. The van der Waals surface area contributed by atoms with E-state index in [1.54, 1.807) is 0 Å². The van der Waals surface area contributed by atoms with Crippen LogP contribution in [0.1, 0.15) is 62.6 Å². The summed E-state index contributed by atoms with van der Waals surface area (Å²) in [4.78, 5) is 4.85. The van der Waals surface area contributed by atoms with Crippen LogP contribution < -0.4 is 0 Å². The van der Waals surface area contributed by atoms with E-state index in [0.29, 0.717) is 0 Å². The minimum atomic E-state index is 0.921. The highest BCUT2D eigenvalue weighted by atomic mass is 79.9. The van der Waals surface area contributed by atoms with E-state index in [1.807, 2.05) is 0 Å². The lowest BCUT2D eigenvalue weighted by atomic mass is 10.00. The van der Waals surface area contributed by atoms with Crippen molar-refractivity contribution >= 4 is 38.4 Å². The van der Waals surface area contributed by atoms with E-state index in [9.17, 15) is 0 Å². The van der Waals surface area contributed by atoms with E-state index in [0.717, 1.165) is 33.5 Å². The number of aromatic nitrogens is 1. The number of rotatable bonds is 0. The Labute approximate surface area is 146 Å². The Morgan fingerprint density at radius 3 is 2.23 bits per heavy atom. The van der Waals surface area contributed by atoms with Gasteiger partial charge < -0.3 is 0 Å². The Balaban J connectivity index is 2.02. The third kappa shape index (κ3) is 3.83. The van der Waals surface area contributed by atoms with Crippen LogP contribution in [-0.4, -0.2) is 4.98 Å². The highest BCUT2D eigenvalue weighted by Gasteiger charge is 2.14. The van der Waals surface area contributed by atoms with Crippen molar-refractivity contribution in [2.75, 3.05) is 0 Å². The molecule has 0 saturated heterocycles. The van der Waals surface area contributed by atoms with Gasteiger partial charge in [0.25, 0.3) is 0 Å². The van der Waals surface area contributed by atoms with Crippen LogP contribution in [0.2, 0.25) is 5.02 Å². The summed E-state index contributed by atoms with van der Waals surface area (Å²) < 4.78 is 1.10. The normalized spacial score (nSPS) is 17.5. The van der Waals surface area contributed by atoms with Crippen molar-refractivity contribution in [3.8, 4) is 0 Å². The quantitative estimate of drug-likeness (QED) is 0.486. The molecule has 1 aromatic carbocycles. The first-order valence-corrected chi connectivity index (χ1v) is 9.69. The minimum Gasteiger partial charge on any atom is -0.251 e. The Kier molecular flexibility index (Phi) is 5.76. The minimum absolute atomic E-state index is 0.921. The van der Waals surface area contributed by atoms with Crippen LogP contribution in [0.25, 0.3) is 10.9 Å². The van der Waals surface area contributed by atoms with E-state index >= 15 is 0 Å². The number of pyridine rings is 1. The van der Waals surface area contributed by atoms with Crippen molar-refractivity contribution < 1.29 is 0 Å². The van der Waals surface area contributed by atoms with Crippen LogP contribution in [0, 0.1) is 0 Å². The van der Waals surface area contributed by atoms with E-state index in [1.165, 1.54) is 62.3 Å². The Morgan fingerprint density at radius 2 is 1.50 bits per heavy atom. The lowest BCUT2D eigenvalue weighted by Gasteiger charge is -2.13. The van der Waals surface area contributed by atoms with Gasteiger partial charge in [-0.2, -0.15) is 0 Å². The van der Waals surface area contributed by atoms with Crippen LogP contribution in [-0.2, 0) is 12.8 Å². The third-order valence-electron chi connectivity index (χ3n) is 4.65. The third-order valence-corrected chi connectivity index (χ3v) is 5.59. The van der Waals surface area contributed by atoms with Crippen molar-refractivity contribution in [2.24, 2.45) is 0 Å². The van der Waals surface area contributed by atoms with Crippen molar-refractivity contribution in [3.63, 3.8) is 0 Å². The van der Waals surface area contributed by atoms with E-state index in [4.69, 9.17) is 16.6 Å². The molecule has 2 bridgehead atoms. The standard InChI is InChI=1S/C19H23BrClN/c20-14-11-12-17-16(13-14)15-9-7-5-3-1-2-4-6-8-10-18(22-17)19(15)21/h11-13H,1-10H2. The average Bonchev–Trinajstić information content (AvgIpc) is 2.52. The number of fused-ring (bicyclic) bond motifs is 4. The Hall–Kier alpha value is -0.600. The molecule has 1 aliphatic rings. The zero-order valence-electron chi connectivity index (χ0n) is 13.0. The molecule has 3 heteroatoms. The SMILES string of the molecule is Clc1c2nc3ccc(Br)cc3c1CCCCCCCCCC2. The molecule has 0 saturated carbocycles. The fourth-order valence-corrected chi connectivity index (χ4v) is 4.09. The van der Waals surface area contributed by atoms with Gasteiger partial charge in [-0.15, -0.1) is 0 Å². The van der Waals surface area contributed by atoms with Gasteiger partial charge in [-0.25, -0.2) is 0 Å². The van der Waals surface area contributed by atoms with Crippen LogP contribution in [0.4, 0.5) is 0 Å². The number of hydrogen-bond acceptors (Lipinski definition) is 1. The maximum atomic E-state index is 6.74. The predicted octanol–water partition coefficient (Wildman–Crippen LogP) is 6.87. The van der Waals surface area contributed by atoms with Crippen LogP contribution in [0.15, 0.2) is 22.7 Å². The Morgan fingerprint density at radius 1 is 0.864 bits per heavy atom.